The van der Waals surface area contributed by atoms with Gasteiger partial charge in [0.05, 0.1) is 28.4 Å². The number of ether oxygens (including phenoxy) is 2. The molecule has 0 aliphatic rings. The number of para-hydroxylation sites is 1. The molecule has 0 bridgehead atoms. The van der Waals surface area contributed by atoms with Crippen molar-refractivity contribution in [2.24, 2.45) is 4.99 Å². The van der Waals surface area contributed by atoms with Gasteiger partial charge in [-0.3, -0.25) is 4.99 Å². The number of carbonyl (C=O) groups is 2. The van der Waals surface area contributed by atoms with Crippen molar-refractivity contribution in [3.63, 3.8) is 0 Å². The Morgan fingerprint density at radius 1 is 1.00 bits per heavy atom. The third-order valence-corrected chi connectivity index (χ3v) is 4.38. The van der Waals surface area contributed by atoms with Crippen LogP contribution in [-0.4, -0.2) is 29.9 Å². The molecule has 0 saturated heterocycles. The van der Waals surface area contributed by atoms with E-state index in [-0.39, 0.29) is 16.9 Å². The topological polar surface area (TPSA) is 85.2 Å². The van der Waals surface area contributed by atoms with Crippen LogP contribution in [0.5, 0.6) is 11.5 Å². The Balaban J connectivity index is 1.86. The van der Waals surface area contributed by atoms with Crippen LogP contribution in [0, 0.1) is 0 Å². The van der Waals surface area contributed by atoms with Crippen LogP contribution in [0.25, 0.3) is 0 Å². The zero-order valence-corrected chi connectivity index (χ0v) is 16.8. The van der Waals surface area contributed by atoms with E-state index in [0.29, 0.717) is 28.6 Å². The predicted molar refractivity (Wildman–Crippen MR) is 115 cm³/mol. The van der Waals surface area contributed by atoms with Crippen LogP contribution in [0.2, 0.25) is 5.02 Å². The van der Waals surface area contributed by atoms with E-state index < -0.39 is 11.9 Å². The standard InChI is InChI=1S/C23H18ClNO5/c1-2-29-21-13-15(14-25-19-10-6-4-8-17(19)22(26)27)11-12-20(21)30-23(28)16-7-3-5-9-18(16)24/h3-14H,2H2,1H3,(H,26,27). The van der Waals surface area contributed by atoms with Crippen molar-refractivity contribution in [3.05, 3.63) is 88.4 Å². The smallest absolute Gasteiger partial charge is 0.345 e. The van der Waals surface area contributed by atoms with Crippen LogP contribution in [0.3, 0.4) is 0 Å². The van der Waals surface area contributed by atoms with Crippen LogP contribution < -0.4 is 9.47 Å². The van der Waals surface area contributed by atoms with Crippen molar-refractivity contribution in [1.82, 2.24) is 0 Å². The van der Waals surface area contributed by atoms with E-state index >= 15 is 0 Å². The van der Waals surface area contributed by atoms with Gasteiger partial charge in [-0.25, -0.2) is 9.59 Å². The van der Waals surface area contributed by atoms with Gasteiger partial charge in [0.2, 0.25) is 0 Å². The van der Waals surface area contributed by atoms with Crippen molar-refractivity contribution >= 4 is 35.4 Å². The number of rotatable bonds is 7. The molecule has 3 aromatic rings. The lowest BCUT2D eigenvalue weighted by molar-refractivity contribution is 0.0695. The molecule has 0 aliphatic carbocycles. The second-order valence-corrected chi connectivity index (χ2v) is 6.50. The van der Waals surface area contributed by atoms with Crippen molar-refractivity contribution in [2.75, 3.05) is 6.61 Å². The number of carbonyl (C=O) groups excluding carboxylic acids is 1. The molecule has 0 amide bonds. The number of benzene rings is 3. The normalized spacial score (nSPS) is 10.7. The Morgan fingerprint density at radius 2 is 1.70 bits per heavy atom. The number of esters is 1. The van der Waals surface area contributed by atoms with Crippen LogP contribution in [0.1, 0.15) is 33.2 Å². The Morgan fingerprint density at radius 3 is 2.40 bits per heavy atom. The van der Waals surface area contributed by atoms with Crippen molar-refractivity contribution in [2.45, 2.75) is 6.92 Å². The highest BCUT2D eigenvalue weighted by molar-refractivity contribution is 6.33. The SMILES string of the molecule is CCOc1cc(C=Nc2ccccc2C(=O)O)ccc1OC(=O)c1ccccc1Cl. The summed E-state index contributed by atoms with van der Waals surface area (Å²) in [5.74, 6) is -1.06. The molecule has 7 heteroatoms. The lowest BCUT2D eigenvalue weighted by Crippen LogP contribution is -2.10. The van der Waals surface area contributed by atoms with E-state index in [9.17, 15) is 14.7 Å². The second-order valence-electron chi connectivity index (χ2n) is 6.09. The Hall–Kier alpha value is -3.64. The van der Waals surface area contributed by atoms with Gasteiger partial charge in [0.1, 0.15) is 0 Å². The minimum atomic E-state index is -1.06. The first-order chi connectivity index (χ1) is 14.5. The molecule has 0 atom stereocenters. The maximum absolute atomic E-state index is 12.4. The maximum Gasteiger partial charge on any atom is 0.345 e. The highest BCUT2D eigenvalue weighted by Crippen LogP contribution is 2.30. The highest BCUT2D eigenvalue weighted by atomic mass is 35.5. The number of aromatic carboxylic acids is 1. The molecule has 0 radical (unpaired) electrons. The minimum Gasteiger partial charge on any atom is -0.490 e. The summed E-state index contributed by atoms with van der Waals surface area (Å²) in [6.45, 7) is 2.17. The quantitative estimate of drug-likeness (QED) is 0.312. The summed E-state index contributed by atoms with van der Waals surface area (Å²) >= 11 is 6.05. The number of carboxylic acid groups (broad SMARTS) is 1. The zero-order chi connectivity index (χ0) is 21.5. The van der Waals surface area contributed by atoms with Gasteiger partial charge < -0.3 is 14.6 Å². The van der Waals surface area contributed by atoms with E-state index in [4.69, 9.17) is 21.1 Å². The van der Waals surface area contributed by atoms with Crippen molar-refractivity contribution in [1.29, 1.82) is 0 Å². The molecule has 0 unspecified atom stereocenters. The molecular formula is C23H18ClNO5. The second kappa shape index (κ2) is 9.71. The zero-order valence-electron chi connectivity index (χ0n) is 16.0. The first kappa shape index (κ1) is 21.1. The largest absolute Gasteiger partial charge is 0.490 e. The summed E-state index contributed by atoms with van der Waals surface area (Å²) in [6.07, 6.45) is 1.52. The Bertz CT molecular complexity index is 1110. The molecule has 0 spiro atoms. The van der Waals surface area contributed by atoms with E-state index in [0.717, 1.165) is 0 Å². The number of nitrogens with zero attached hydrogens (tertiary/aromatic N) is 1. The Labute approximate surface area is 178 Å². The van der Waals surface area contributed by atoms with E-state index in [1.165, 1.54) is 12.3 Å². The number of aliphatic imine (C=N–C) groups is 1. The van der Waals surface area contributed by atoms with Crippen LogP contribution in [0.4, 0.5) is 5.69 Å². The summed E-state index contributed by atoms with van der Waals surface area (Å²) in [7, 11) is 0. The average Bonchev–Trinajstić information content (AvgIpc) is 2.74. The fourth-order valence-electron chi connectivity index (χ4n) is 2.65. The molecule has 0 heterocycles. The van der Waals surface area contributed by atoms with Gasteiger partial charge in [-0.2, -0.15) is 0 Å². The monoisotopic (exact) mass is 423 g/mol. The highest BCUT2D eigenvalue weighted by Gasteiger charge is 2.15. The number of hydrogen-bond donors (Lipinski definition) is 1. The van der Waals surface area contributed by atoms with Crippen LogP contribution >= 0.6 is 11.6 Å². The number of hydrogen-bond acceptors (Lipinski definition) is 5. The molecule has 0 aromatic heterocycles. The fourth-order valence-corrected chi connectivity index (χ4v) is 2.86. The maximum atomic E-state index is 12.4. The summed E-state index contributed by atoms with van der Waals surface area (Å²) < 4.78 is 11.1. The molecule has 30 heavy (non-hydrogen) atoms. The van der Waals surface area contributed by atoms with E-state index in [2.05, 4.69) is 4.99 Å². The summed E-state index contributed by atoms with van der Waals surface area (Å²) in [6, 6.07) is 18.0. The summed E-state index contributed by atoms with van der Waals surface area (Å²) in [5, 5.41) is 9.55. The molecule has 0 fully saturated rings. The predicted octanol–water partition coefficient (Wildman–Crippen LogP) is 5.41. The summed E-state index contributed by atoms with van der Waals surface area (Å²) in [4.78, 5) is 28.0. The van der Waals surface area contributed by atoms with Crippen LogP contribution in [-0.2, 0) is 0 Å². The van der Waals surface area contributed by atoms with Gasteiger partial charge in [-0.15, -0.1) is 0 Å². The molecule has 0 saturated carbocycles. The molecule has 152 valence electrons. The van der Waals surface area contributed by atoms with Gasteiger partial charge in [-0.1, -0.05) is 35.9 Å². The fraction of sp³-hybridized carbons (Fsp3) is 0.0870. The van der Waals surface area contributed by atoms with Crippen LogP contribution in [0.15, 0.2) is 71.7 Å². The van der Waals surface area contributed by atoms with Gasteiger partial charge in [0, 0.05) is 6.21 Å². The number of halogens is 1. The van der Waals surface area contributed by atoms with Crippen molar-refractivity contribution < 1.29 is 24.2 Å². The Kier molecular flexibility index (Phi) is 6.83. The van der Waals surface area contributed by atoms with Gasteiger partial charge in [-0.05, 0) is 55.0 Å². The molecule has 3 aromatic carbocycles. The lowest BCUT2D eigenvalue weighted by Gasteiger charge is -2.12. The number of carboxylic acids is 1. The molecule has 0 aliphatic heterocycles. The third kappa shape index (κ3) is 5.04. The summed E-state index contributed by atoms with van der Waals surface area (Å²) in [5.41, 5.74) is 1.33. The van der Waals surface area contributed by atoms with E-state index in [1.54, 1.807) is 60.7 Å². The van der Waals surface area contributed by atoms with Crippen molar-refractivity contribution in [3.8, 4) is 11.5 Å². The van der Waals surface area contributed by atoms with Gasteiger partial charge in [0.25, 0.3) is 0 Å². The lowest BCUT2D eigenvalue weighted by atomic mass is 10.1. The molecular weight excluding hydrogens is 406 g/mol. The van der Waals surface area contributed by atoms with E-state index in [1.807, 2.05) is 6.92 Å². The third-order valence-electron chi connectivity index (χ3n) is 4.05. The minimum absolute atomic E-state index is 0.101. The molecule has 3 rings (SSSR count). The molecule has 6 nitrogen and oxygen atoms in total. The first-order valence-corrected chi connectivity index (χ1v) is 9.47. The van der Waals surface area contributed by atoms with Gasteiger partial charge in [0.15, 0.2) is 11.5 Å². The molecule has 1 N–H and O–H groups in total. The van der Waals surface area contributed by atoms with Gasteiger partial charge >= 0.3 is 11.9 Å². The first-order valence-electron chi connectivity index (χ1n) is 9.09. The average molecular weight is 424 g/mol.